The number of aldehydes is 1. The van der Waals surface area contributed by atoms with Gasteiger partial charge in [0.05, 0.1) is 6.61 Å². The topological polar surface area (TPSA) is 37.3 Å². The molecular formula is C14H11FO2. The summed E-state index contributed by atoms with van der Waals surface area (Å²) in [6.07, 6.45) is 0.707. The Morgan fingerprint density at radius 1 is 1.12 bits per heavy atom. The molecular weight excluding hydrogens is 219 g/mol. The molecule has 0 heterocycles. The van der Waals surface area contributed by atoms with E-state index in [0.717, 1.165) is 11.1 Å². The van der Waals surface area contributed by atoms with E-state index >= 15 is 0 Å². The molecule has 0 fully saturated rings. The molecule has 86 valence electrons. The third-order valence-corrected chi connectivity index (χ3v) is 2.65. The highest BCUT2D eigenvalue weighted by atomic mass is 19.1. The van der Waals surface area contributed by atoms with Gasteiger partial charge in [0.25, 0.3) is 0 Å². The van der Waals surface area contributed by atoms with Crippen molar-refractivity contribution in [1.82, 2.24) is 0 Å². The monoisotopic (exact) mass is 230 g/mol. The highest BCUT2D eigenvalue weighted by Crippen LogP contribution is 2.26. The Bertz CT molecular complexity index is 532. The second kappa shape index (κ2) is 4.89. The lowest BCUT2D eigenvalue weighted by Gasteiger charge is -2.09. The zero-order valence-electron chi connectivity index (χ0n) is 9.06. The number of hydrogen-bond acceptors (Lipinski definition) is 2. The Labute approximate surface area is 98.3 Å². The quantitative estimate of drug-likeness (QED) is 0.823. The van der Waals surface area contributed by atoms with Crippen molar-refractivity contribution in [3.63, 3.8) is 0 Å². The predicted molar refractivity (Wildman–Crippen MR) is 63.1 cm³/mol. The van der Waals surface area contributed by atoms with E-state index in [9.17, 15) is 14.3 Å². The zero-order chi connectivity index (χ0) is 12.3. The molecule has 3 heteroatoms. The van der Waals surface area contributed by atoms with Crippen molar-refractivity contribution in [2.75, 3.05) is 0 Å². The third-order valence-electron chi connectivity index (χ3n) is 2.65. The van der Waals surface area contributed by atoms with Crippen LogP contribution in [0.4, 0.5) is 4.39 Å². The summed E-state index contributed by atoms with van der Waals surface area (Å²) in [5, 5.41) is 9.31. The van der Waals surface area contributed by atoms with Gasteiger partial charge in [-0.2, -0.15) is 0 Å². The first-order valence-electron chi connectivity index (χ1n) is 5.20. The molecule has 0 bridgehead atoms. The zero-order valence-corrected chi connectivity index (χ0v) is 9.06. The summed E-state index contributed by atoms with van der Waals surface area (Å²) in [6, 6.07) is 11.1. The fourth-order valence-corrected chi connectivity index (χ4v) is 1.79. The van der Waals surface area contributed by atoms with Crippen LogP contribution in [0.25, 0.3) is 11.1 Å². The molecule has 0 aliphatic heterocycles. The lowest BCUT2D eigenvalue weighted by atomic mass is 9.96. The van der Waals surface area contributed by atoms with Crippen LogP contribution >= 0.6 is 0 Å². The van der Waals surface area contributed by atoms with E-state index in [2.05, 4.69) is 0 Å². The second-order valence-electron chi connectivity index (χ2n) is 3.66. The second-order valence-corrected chi connectivity index (χ2v) is 3.66. The molecule has 0 amide bonds. The number of hydrogen-bond donors (Lipinski definition) is 1. The van der Waals surface area contributed by atoms with Crippen LogP contribution in [-0.2, 0) is 6.61 Å². The summed E-state index contributed by atoms with van der Waals surface area (Å²) in [5.41, 5.74) is 2.54. The Balaban J connectivity index is 2.58. The van der Waals surface area contributed by atoms with Gasteiger partial charge in [0.15, 0.2) is 0 Å². The number of aliphatic hydroxyl groups is 1. The molecule has 0 saturated heterocycles. The highest BCUT2D eigenvalue weighted by Gasteiger charge is 2.08. The van der Waals surface area contributed by atoms with Crippen molar-refractivity contribution in [3.05, 3.63) is 59.4 Å². The Morgan fingerprint density at radius 2 is 1.82 bits per heavy atom. The molecule has 0 unspecified atom stereocenters. The Kier molecular flexibility index (Phi) is 3.30. The summed E-state index contributed by atoms with van der Waals surface area (Å²) < 4.78 is 12.8. The van der Waals surface area contributed by atoms with Crippen molar-refractivity contribution in [1.29, 1.82) is 0 Å². The minimum absolute atomic E-state index is 0.221. The van der Waals surface area contributed by atoms with Crippen LogP contribution in [0, 0.1) is 5.82 Å². The maximum absolute atomic E-state index is 12.8. The number of aliphatic hydroxyl groups excluding tert-OH is 1. The fraction of sp³-hybridized carbons (Fsp3) is 0.0714. The molecule has 17 heavy (non-hydrogen) atoms. The Hall–Kier alpha value is -2.00. The molecule has 0 atom stereocenters. The van der Waals surface area contributed by atoms with Crippen molar-refractivity contribution < 1.29 is 14.3 Å². The van der Waals surface area contributed by atoms with Crippen molar-refractivity contribution in [3.8, 4) is 11.1 Å². The van der Waals surface area contributed by atoms with Gasteiger partial charge in [0, 0.05) is 5.56 Å². The molecule has 2 nitrogen and oxygen atoms in total. The largest absolute Gasteiger partial charge is 0.392 e. The first kappa shape index (κ1) is 11.5. The molecule has 0 radical (unpaired) electrons. The van der Waals surface area contributed by atoms with Gasteiger partial charge in [-0.3, -0.25) is 4.79 Å². The van der Waals surface area contributed by atoms with Gasteiger partial charge in [-0.05, 0) is 28.8 Å². The number of halogens is 1. The number of carbonyl (C=O) groups is 1. The van der Waals surface area contributed by atoms with Crippen molar-refractivity contribution in [2.24, 2.45) is 0 Å². The van der Waals surface area contributed by atoms with Crippen LogP contribution in [0.1, 0.15) is 15.9 Å². The first-order valence-corrected chi connectivity index (χ1v) is 5.20. The van der Waals surface area contributed by atoms with E-state index in [1.807, 2.05) is 0 Å². The van der Waals surface area contributed by atoms with Gasteiger partial charge in [0.1, 0.15) is 12.1 Å². The van der Waals surface area contributed by atoms with Gasteiger partial charge >= 0.3 is 0 Å². The van der Waals surface area contributed by atoms with E-state index in [4.69, 9.17) is 0 Å². The summed E-state index contributed by atoms with van der Waals surface area (Å²) in [6.45, 7) is -0.221. The van der Waals surface area contributed by atoms with Crippen LogP contribution in [0.3, 0.4) is 0 Å². The van der Waals surface area contributed by atoms with Gasteiger partial charge in [-0.1, -0.05) is 30.3 Å². The number of carbonyl (C=O) groups excluding carboxylic acids is 1. The predicted octanol–water partition coefficient (Wildman–Crippen LogP) is 2.80. The normalized spacial score (nSPS) is 10.2. The van der Waals surface area contributed by atoms with Crippen LogP contribution in [0.2, 0.25) is 0 Å². The van der Waals surface area contributed by atoms with Crippen molar-refractivity contribution in [2.45, 2.75) is 6.61 Å². The maximum atomic E-state index is 12.8. The maximum Gasteiger partial charge on any atom is 0.150 e. The molecule has 1 N–H and O–H groups in total. The third kappa shape index (κ3) is 2.24. The van der Waals surface area contributed by atoms with Crippen LogP contribution < -0.4 is 0 Å². The summed E-state index contributed by atoms with van der Waals surface area (Å²) in [4.78, 5) is 10.9. The van der Waals surface area contributed by atoms with Gasteiger partial charge < -0.3 is 5.11 Å². The molecule has 2 rings (SSSR count). The van der Waals surface area contributed by atoms with E-state index in [0.29, 0.717) is 17.4 Å². The van der Waals surface area contributed by atoms with Crippen LogP contribution in [0.5, 0.6) is 0 Å². The smallest absolute Gasteiger partial charge is 0.150 e. The first-order chi connectivity index (χ1) is 8.26. The Morgan fingerprint density at radius 3 is 2.41 bits per heavy atom. The molecule has 2 aromatic carbocycles. The van der Waals surface area contributed by atoms with Gasteiger partial charge in [-0.25, -0.2) is 4.39 Å². The average Bonchev–Trinajstić information content (AvgIpc) is 2.38. The molecule has 0 aliphatic carbocycles. The average molecular weight is 230 g/mol. The van der Waals surface area contributed by atoms with Crippen molar-refractivity contribution >= 4 is 6.29 Å². The molecule has 0 saturated carbocycles. The minimum atomic E-state index is -0.314. The standard InChI is InChI=1S/C14H11FO2/c15-12-6-4-10(5-7-12)13-3-1-2-11(8-16)14(13)9-17/h1-8,17H,9H2. The summed E-state index contributed by atoms with van der Waals surface area (Å²) in [7, 11) is 0. The fourth-order valence-electron chi connectivity index (χ4n) is 1.79. The molecule has 2 aromatic rings. The lowest BCUT2D eigenvalue weighted by molar-refractivity contribution is 0.112. The van der Waals surface area contributed by atoms with Crippen LogP contribution in [-0.4, -0.2) is 11.4 Å². The van der Waals surface area contributed by atoms with E-state index in [1.54, 1.807) is 30.3 Å². The van der Waals surface area contributed by atoms with Crippen LogP contribution in [0.15, 0.2) is 42.5 Å². The summed E-state index contributed by atoms with van der Waals surface area (Å²) in [5.74, 6) is -0.314. The molecule has 0 aliphatic rings. The highest BCUT2D eigenvalue weighted by molar-refractivity contribution is 5.82. The lowest BCUT2D eigenvalue weighted by Crippen LogP contribution is -1.96. The van der Waals surface area contributed by atoms with E-state index in [-0.39, 0.29) is 12.4 Å². The minimum Gasteiger partial charge on any atom is -0.392 e. The summed E-state index contributed by atoms with van der Waals surface area (Å²) >= 11 is 0. The van der Waals surface area contributed by atoms with Gasteiger partial charge in [0.2, 0.25) is 0 Å². The number of benzene rings is 2. The van der Waals surface area contributed by atoms with E-state index < -0.39 is 0 Å². The molecule has 0 aromatic heterocycles. The van der Waals surface area contributed by atoms with E-state index in [1.165, 1.54) is 12.1 Å². The van der Waals surface area contributed by atoms with Gasteiger partial charge in [-0.15, -0.1) is 0 Å². The number of rotatable bonds is 3. The molecule has 0 spiro atoms. The SMILES string of the molecule is O=Cc1cccc(-c2ccc(F)cc2)c1CO.